The van der Waals surface area contributed by atoms with Crippen LogP contribution in [0.25, 0.3) is 0 Å². The minimum atomic E-state index is 0.0262. The Bertz CT molecular complexity index is 115. The summed E-state index contributed by atoms with van der Waals surface area (Å²) in [4.78, 5) is 0. The van der Waals surface area contributed by atoms with E-state index in [1.54, 1.807) is 0 Å². The highest BCUT2D eigenvalue weighted by molar-refractivity contribution is 4.72. The van der Waals surface area contributed by atoms with Crippen molar-refractivity contribution >= 4 is 0 Å². The molecule has 0 aromatic heterocycles. The van der Waals surface area contributed by atoms with Crippen LogP contribution in [0.5, 0.6) is 0 Å². The van der Waals surface area contributed by atoms with E-state index in [0.717, 1.165) is 26.1 Å². The molecule has 1 atom stereocenters. The van der Waals surface area contributed by atoms with Crippen LogP contribution in [-0.4, -0.2) is 24.9 Å². The summed E-state index contributed by atoms with van der Waals surface area (Å²) in [5.74, 6) is 0. The Labute approximate surface area is 68.9 Å². The average Bonchev–Trinajstić information content (AvgIpc) is 2.39. The third-order valence-electron chi connectivity index (χ3n) is 2.23. The maximum atomic E-state index is 5.82. The molecule has 2 nitrogen and oxygen atoms in total. The van der Waals surface area contributed by atoms with Gasteiger partial charge in [-0.3, -0.25) is 0 Å². The van der Waals surface area contributed by atoms with Crippen LogP contribution in [0.3, 0.4) is 0 Å². The van der Waals surface area contributed by atoms with E-state index in [9.17, 15) is 0 Å². The second-order valence-electron chi connectivity index (χ2n) is 3.72. The molecule has 0 radical (unpaired) electrons. The fourth-order valence-electron chi connectivity index (χ4n) is 1.14. The zero-order valence-electron chi connectivity index (χ0n) is 7.72. The monoisotopic (exact) mass is 158 g/mol. The van der Waals surface area contributed by atoms with Crippen LogP contribution >= 0.6 is 0 Å². The SMILES string of the molecule is CCC(C)(C)OC1CCOC1. The molecule has 0 amide bonds. The van der Waals surface area contributed by atoms with Crippen molar-refractivity contribution in [1.82, 2.24) is 0 Å². The third kappa shape index (κ3) is 2.80. The first-order valence-corrected chi connectivity index (χ1v) is 4.39. The molecule has 1 rings (SSSR count). The van der Waals surface area contributed by atoms with Gasteiger partial charge in [0.1, 0.15) is 0 Å². The molecule has 0 saturated carbocycles. The van der Waals surface area contributed by atoms with E-state index >= 15 is 0 Å². The zero-order chi connectivity index (χ0) is 8.32. The van der Waals surface area contributed by atoms with Crippen LogP contribution in [0.15, 0.2) is 0 Å². The van der Waals surface area contributed by atoms with Gasteiger partial charge in [0.25, 0.3) is 0 Å². The molecule has 1 fully saturated rings. The van der Waals surface area contributed by atoms with E-state index in [4.69, 9.17) is 9.47 Å². The van der Waals surface area contributed by atoms with Gasteiger partial charge in [0.15, 0.2) is 0 Å². The van der Waals surface area contributed by atoms with E-state index in [-0.39, 0.29) is 5.60 Å². The smallest absolute Gasteiger partial charge is 0.0837 e. The summed E-state index contributed by atoms with van der Waals surface area (Å²) in [6, 6.07) is 0. The molecule has 11 heavy (non-hydrogen) atoms. The molecule has 1 heterocycles. The Balaban J connectivity index is 2.28. The molecule has 0 bridgehead atoms. The van der Waals surface area contributed by atoms with E-state index in [1.807, 2.05) is 0 Å². The molecule has 1 unspecified atom stereocenters. The second-order valence-corrected chi connectivity index (χ2v) is 3.72. The molecule has 0 N–H and O–H groups in total. The van der Waals surface area contributed by atoms with Gasteiger partial charge in [-0.05, 0) is 26.7 Å². The topological polar surface area (TPSA) is 18.5 Å². The Morgan fingerprint density at radius 3 is 2.73 bits per heavy atom. The van der Waals surface area contributed by atoms with Crippen LogP contribution in [0.1, 0.15) is 33.6 Å². The second kappa shape index (κ2) is 3.55. The Hall–Kier alpha value is -0.0800. The average molecular weight is 158 g/mol. The van der Waals surface area contributed by atoms with Gasteiger partial charge in [0.2, 0.25) is 0 Å². The predicted molar refractivity (Wildman–Crippen MR) is 44.7 cm³/mol. The lowest BCUT2D eigenvalue weighted by molar-refractivity contribution is -0.0737. The van der Waals surface area contributed by atoms with E-state index in [0.29, 0.717) is 6.10 Å². The maximum Gasteiger partial charge on any atom is 0.0837 e. The van der Waals surface area contributed by atoms with Crippen LogP contribution in [0.4, 0.5) is 0 Å². The molecular formula is C9H18O2. The van der Waals surface area contributed by atoms with Gasteiger partial charge in [0.05, 0.1) is 18.3 Å². The van der Waals surface area contributed by atoms with Gasteiger partial charge in [-0.25, -0.2) is 0 Å². The van der Waals surface area contributed by atoms with Crippen molar-refractivity contribution in [3.63, 3.8) is 0 Å². The number of rotatable bonds is 3. The van der Waals surface area contributed by atoms with Gasteiger partial charge in [-0.15, -0.1) is 0 Å². The Morgan fingerprint density at radius 1 is 1.55 bits per heavy atom. The molecule has 0 aliphatic carbocycles. The summed E-state index contributed by atoms with van der Waals surface area (Å²) in [6.07, 6.45) is 2.46. The fourth-order valence-corrected chi connectivity index (χ4v) is 1.14. The van der Waals surface area contributed by atoms with E-state index in [1.165, 1.54) is 0 Å². The molecule has 0 spiro atoms. The lowest BCUT2D eigenvalue weighted by Crippen LogP contribution is -2.30. The highest BCUT2D eigenvalue weighted by Gasteiger charge is 2.24. The molecule has 0 aromatic carbocycles. The molecule has 1 saturated heterocycles. The summed E-state index contributed by atoms with van der Waals surface area (Å²) in [5.41, 5.74) is 0.0262. The molecular weight excluding hydrogens is 140 g/mol. The largest absolute Gasteiger partial charge is 0.379 e. The van der Waals surface area contributed by atoms with Crippen molar-refractivity contribution in [2.75, 3.05) is 13.2 Å². The van der Waals surface area contributed by atoms with Crippen molar-refractivity contribution in [1.29, 1.82) is 0 Å². The summed E-state index contributed by atoms with van der Waals surface area (Å²) in [5, 5.41) is 0. The zero-order valence-corrected chi connectivity index (χ0v) is 7.72. The minimum absolute atomic E-state index is 0.0262. The van der Waals surface area contributed by atoms with Gasteiger partial charge in [-0.2, -0.15) is 0 Å². The molecule has 1 aliphatic rings. The van der Waals surface area contributed by atoms with Gasteiger partial charge < -0.3 is 9.47 Å². The summed E-state index contributed by atoms with van der Waals surface area (Å²) < 4.78 is 11.0. The lowest BCUT2D eigenvalue weighted by atomic mass is 10.1. The van der Waals surface area contributed by atoms with Crippen molar-refractivity contribution in [3.05, 3.63) is 0 Å². The summed E-state index contributed by atoms with van der Waals surface area (Å²) in [6.45, 7) is 8.06. The molecule has 1 aliphatic heterocycles. The Morgan fingerprint density at radius 2 is 2.27 bits per heavy atom. The van der Waals surface area contributed by atoms with Crippen LogP contribution < -0.4 is 0 Å². The van der Waals surface area contributed by atoms with E-state index < -0.39 is 0 Å². The molecule has 66 valence electrons. The van der Waals surface area contributed by atoms with Crippen molar-refractivity contribution in [2.24, 2.45) is 0 Å². The molecule has 0 aromatic rings. The molecule has 2 heteroatoms. The first-order valence-electron chi connectivity index (χ1n) is 4.39. The number of ether oxygens (including phenoxy) is 2. The quantitative estimate of drug-likeness (QED) is 0.625. The number of hydrogen-bond donors (Lipinski definition) is 0. The first kappa shape index (κ1) is 9.01. The van der Waals surface area contributed by atoms with Gasteiger partial charge in [-0.1, -0.05) is 6.92 Å². The van der Waals surface area contributed by atoms with Crippen molar-refractivity contribution in [2.45, 2.75) is 45.3 Å². The predicted octanol–water partition coefficient (Wildman–Crippen LogP) is 1.98. The highest BCUT2D eigenvalue weighted by atomic mass is 16.6. The van der Waals surface area contributed by atoms with Crippen LogP contribution in [0, 0.1) is 0 Å². The number of hydrogen-bond acceptors (Lipinski definition) is 2. The summed E-state index contributed by atoms with van der Waals surface area (Å²) >= 11 is 0. The van der Waals surface area contributed by atoms with Crippen LogP contribution in [0.2, 0.25) is 0 Å². The lowest BCUT2D eigenvalue weighted by Gasteiger charge is -2.26. The third-order valence-corrected chi connectivity index (χ3v) is 2.23. The fraction of sp³-hybridized carbons (Fsp3) is 1.00. The van der Waals surface area contributed by atoms with Gasteiger partial charge in [0, 0.05) is 6.61 Å². The maximum absolute atomic E-state index is 5.82. The standard InChI is InChI=1S/C9H18O2/c1-4-9(2,3)11-8-5-6-10-7-8/h8H,4-7H2,1-3H3. The highest BCUT2D eigenvalue weighted by Crippen LogP contribution is 2.20. The van der Waals surface area contributed by atoms with Crippen molar-refractivity contribution < 1.29 is 9.47 Å². The Kier molecular flexibility index (Phi) is 2.90. The first-order chi connectivity index (χ1) is 5.14. The summed E-state index contributed by atoms with van der Waals surface area (Å²) in [7, 11) is 0. The van der Waals surface area contributed by atoms with Gasteiger partial charge >= 0.3 is 0 Å². The normalized spacial score (nSPS) is 25.9. The van der Waals surface area contributed by atoms with Crippen molar-refractivity contribution in [3.8, 4) is 0 Å². The van der Waals surface area contributed by atoms with E-state index in [2.05, 4.69) is 20.8 Å². The van der Waals surface area contributed by atoms with Crippen LogP contribution in [-0.2, 0) is 9.47 Å². The minimum Gasteiger partial charge on any atom is -0.379 e.